The average molecular weight is 567 g/mol. The summed E-state index contributed by atoms with van der Waals surface area (Å²) in [5, 5.41) is 5.55. The van der Waals surface area contributed by atoms with Gasteiger partial charge < -0.3 is 5.32 Å². The lowest BCUT2D eigenvalue weighted by Gasteiger charge is -2.11. The number of sulfonamides is 1. The van der Waals surface area contributed by atoms with Crippen LogP contribution < -0.4 is 15.4 Å². The van der Waals surface area contributed by atoms with Gasteiger partial charge in [0.1, 0.15) is 0 Å². The van der Waals surface area contributed by atoms with Gasteiger partial charge in [-0.1, -0.05) is 6.07 Å². The van der Waals surface area contributed by atoms with Crippen molar-refractivity contribution in [3.05, 3.63) is 75.1 Å². The molecule has 0 radical (unpaired) electrons. The molecule has 0 bridgehead atoms. The van der Waals surface area contributed by atoms with E-state index in [1.54, 1.807) is 50.2 Å². The van der Waals surface area contributed by atoms with Gasteiger partial charge in [0.25, 0.3) is 15.9 Å². The molecule has 0 spiro atoms. The molecule has 3 rings (SSSR count). The van der Waals surface area contributed by atoms with Gasteiger partial charge in [0.2, 0.25) is 5.95 Å². The van der Waals surface area contributed by atoms with Gasteiger partial charge in [-0.2, -0.15) is 0 Å². The molecule has 1 amide bonds. The van der Waals surface area contributed by atoms with Crippen LogP contribution in [0.1, 0.15) is 21.7 Å². The van der Waals surface area contributed by atoms with Crippen molar-refractivity contribution in [1.29, 1.82) is 0 Å². The van der Waals surface area contributed by atoms with Gasteiger partial charge in [-0.3, -0.25) is 10.1 Å². The van der Waals surface area contributed by atoms with E-state index in [0.717, 1.165) is 3.57 Å². The van der Waals surface area contributed by atoms with Gasteiger partial charge >= 0.3 is 0 Å². The van der Waals surface area contributed by atoms with Gasteiger partial charge in [0.05, 0.1) is 4.90 Å². The van der Waals surface area contributed by atoms with Crippen LogP contribution in [0.2, 0.25) is 0 Å². The van der Waals surface area contributed by atoms with Crippen LogP contribution >= 0.6 is 34.8 Å². The fraction of sp³-hybridized carbons (Fsp3) is 0.100. The van der Waals surface area contributed by atoms with Crippen LogP contribution in [0.5, 0.6) is 0 Å². The van der Waals surface area contributed by atoms with Gasteiger partial charge in [-0.25, -0.2) is 23.1 Å². The molecule has 0 atom stereocenters. The molecule has 1 aromatic heterocycles. The van der Waals surface area contributed by atoms with Gasteiger partial charge in [0, 0.05) is 26.2 Å². The first kappa shape index (κ1) is 23.0. The van der Waals surface area contributed by atoms with E-state index in [4.69, 9.17) is 12.2 Å². The molecule has 0 saturated heterocycles. The Balaban J connectivity index is 1.65. The van der Waals surface area contributed by atoms with Crippen molar-refractivity contribution < 1.29 is 13.2 Å². The summed E-state index contributed by atoms with van der Waals surface area (Å²) in [6.07, 6.45) is 0. The number of anilines is 2. The van der Waals surface area contributed by atoms with E-state index in [9.17, 15) is 13.2 Å². The van der Waals surface area contributed by atoms with Crippen molar-refractivity contribution in [3.63, 3.8) is 0 Å². The second-order valence-corrected chi connectivity index (χ2v) is 9.86. The molecule has 0 aliphatic rings. The van der Waals surface area contributed by atoms with E-state index >= 15 is 0 Å². The number of nitrogens with one attached hydrogen (secondary N) is 3. The van der Waals surface area contributed by atoms with Crippen LogP contribution in [-0.4, -0.2) is 29.4 Å². The third-order valence-corrected chi connectivity index (χ3v) is 6.16. The van der Waals surface area contributed by atoms with Gasteiger partial charge in [-0.05, 0) is 97.2 Å². The van der Waals surface area contributed by atoms with Crippen LogP contribution in [-0.2, 0) is 10.0 Å². The van der Waals surface area contributed by atoms with Crippen molar-refractivity contribution in [2.75, 3.05) is 10.0 Å². The minimum absolute atomic E-state index is 0.0131. The largest absolute Gasteiger partial charge is 0.332 e. The number of amides is 1. The third kappa shape index (κ3) is 6.42. The Kier molecular flexibility index (Phi) is 7.18. The lowest BCUT2D eigenvalue weighted by atomic mass is 10.2. The molecule has 0 unspecified atom stereocenters. The maximum Gasteiger partial charge on any atom is 0.264 e. The Bertz CT molecular complexity index is 1230. The number of carbonyl (C=O) groups excluding carboxylic acids is 1. The fourth-order valence-corrected chi connectivity index (χ4v) is 4.33. The number of rotatable bonds is 5. The summed E-state index contributed by atoms with van der Waals surface area (Å²) in [5.41, 5.74) is 2.32. The molecule has 0 aliphatic carbocycles. The molecule has 31 heavy (non-hydrogen) atoms. The minimum atomic E-state index is -3.86. The predicted molar refractivity (Wildman–Crippen MR) is 132 cm³/mol. The van der Waals surface area contributed by atoms with E-state index in [0.29, 0.717) is 22.6 Å². The average Bonchev–Trinajstić information content (AvgIpc) is 2.67. The van der Waals surface area contributed by atoms with Gasteiger partial charge in [0.15, 0.2) is 5.11 Å². The molecule has 2 aromatic carbocycles. The number of benzene rings is 2. The number of halogens is 1. The predicted octanol–water partition coefficient (Wildman–Crippen LogP) is 3.63. The summed E-state index contributed by atoms with van der Waals surface area (Å²) in [4.78, 5) is 20.5. The summed E-state index contributed by atoms with van der Waals surface area (Å²) >= 11 is 7.29. The third-order valence-electron chi connectivity index (χ3n) is 3.94. The number of carbonyl (C=O) groups is 1. The summed E-state index contributed by atoms with van der Waals surface area (Å²) < 4.78 is 28.5. The van der Waals surface area contributed by atoms with Crippen molar-refractivity contribution in [3.8, 4) is 0 Å². The van der Waals surface area contributed by atoms with Crippen LogP contribution in [0.15, 0.2) is 59.5 Å². The first-order valence-corrected chi connectivity index (χ1v) is 11.9. The summed E-state index contributed by atoms with van der Waals surface area (Å²) in [5.74, 6) is -0.327. The van der Waals surface area contributed by atoms with E-state index in [-0.39, 0.29) is 21.9 Å². The highest BCUT2D eigenvalue weighted by Crippen LogP contribution is 2.17. The number of thiocarbonyl (C=S) groups is 1. The number of hydrogen-bond donors (Lipinski definition) is 3. The highest BCUT2D eigenvalue weighted by molar-refractivity contribution is 14.1. The van der Waals surface area contributed by atoms with Crippen LogP contribution in [0.25, 0.3) is 0 Å². The molecule has 3 aromatic rings. The molecule has 0 saturated carbocycles. The molecule has 0 aliphatic heterocycles. The fourth-order valence-electron chi connectivity index (χ4n) is 2.64. The zero-order valence-electron chi connectivity index (χ0n) is 16.5. The summed E-state index contributed by atoms with van der Waals surface area (Å²) in [6, 6.07) is 14.7. The van der Waals surface area contributed by atoms with E-state index in [2.05, 4.69) is 47.9 Å². The Labute approximate surface area is 199 Å². The van der Waals surface area contributed by atoms with E-state index in [1.807, 2.05) is 6.07 Å². The lowest BCUT2D eigenvalue weighted by molar-refractivity contribution is 0.0977. The van der Waals surface area contributed by atoms with Gasteiger partial charge in [-0.15, -0.1) is 0 Å². The molecule has 3 N–H and O–H groups in total. The highest BCUT2D eigenvalue weighted by Gasteiger charge is 2.16. The van der Waals surface area contributed by atoms with Crippen molar-refractivity contribution in [2.45, 2.75) is 18.7 Å². The number of nitrogens with zero attached hydrogens (tertiary/aromatic N) is 2. The van der Waals surface area contributed by atoms with Crippen molar-refractivity contribution in [1.82, 2.24) is 15.3 Å². The van der Waals surface area contributed by atoms with E-state index < -0.39 is 10.0 Å². The zero-order valence-corrected chi connectivity index (χ0v) is 20.3. The molecule has 11 heteroatoms. The molecular weight excluding hydrogens is 549 g/mol. The molecular formula is C20H18IN5O3S2. The summed E-state index contributed by atoms with van der Waals surface area (Å²) in [6.45, 7) is 3.51. The van der Waals surface area contributed by atoms with E-state index in [1.165, 1.54) is 12.1 Å². The Hall–Kier alpha value is -2.64. The van der Waals surface area contributed by atoms with Crippen molar-refractivity contribution in [2.24, 2.45) is 0 Å². The van der Waals surface area contributed by atoms with Crippen LogP contribution in [0, 0.1) is 17.4 Å². The van der Waals surface area contributed by atoms with Crippen LogP contribution in [0.3, 0.4) is 0 Å². The maximum absolute atomic E-state index is 12.6. The Morgan fingerprint density at radius 2 is 1.65 bits per heavy atom. The quantitative estimate of drug-likeness (QED) is 0.319. The topological polar surface area (TPSA) is 113 Å². The van der Waals surface area contributed by atoms with Crippen LogP contribution in [0.4, 0.5) is 11.6 Å². The van der Waals surface area contributed by atoms with Crippen molar-refractivity contribution >= 4 is 67.5 Å². The number of aromatic nitrogens is 2. The number of hydrogen-bond acceptors (Lipinski definition) is 6. The Morgan fingerprint density at radius 3 is 2.26 bits per heavy atom. The maximum atomic E-state index is 12.6. The lowest BCUT2D eigenvalue weighted by Crippen LogP contribution is -2.34. The molecule has 160 valence electrons. The minimum Gasteiger partial charge on any atom is -0.332 e. The number of aryl methyl sites for hydroxylation is 2. The molecule has 8 nitrogen and oxygen atoms in total. The highest BCUT2D eigenvalue weighted by atomic mass is 127. The smallest absolute Gasteiger partial charge is 0.264 e. The first-order chi connectivity index (χ1) is 14.6. The molecule has 0 fully saturated rings. The second-order valence-electron chi connectivity index (χ2n) is 6.52. The Morgan fingerprint density at radius 1 is 1.00 bits per heavy atom. The second kappa shape index (κ2) is 9.66. The summed E-state index contributed by atoms with van der Waals surface area (Å²) in [7, 11) is -3.86. The monoisotopic (exact) mass is 567 g/mol. The SMILES string of the molecule is Cc1cc(C)nc(NS(=O)(=O)c2ccc(NC(=S)NC(=O)c3cccc(I)c3)cc2)n1. The standard InChI is InChI=1S/C20H18IN5O3S2/c1-12-10-13(2)23-19(22-12)26-31(28,29)17-8-6-16(7-9-17)24-20(30)25-18(27)14-4-3-5-15(21)11-14/h3-11H,1-2H3,(H,22,23,26)(H2,24,25,27,30). The zero-order chi connectivity index (χ0) is 22.6. The normalized spacial score (nSPS) is 10.9. The first-order valence-electron chi connectivity index (χ1n) is 8.95. The molecule has 1 heterocycles.